The second-order valence-electron chi connectivity index (χ2n) is 4.63. The van der Waals surface area contributed by atoms with Gasteiger partial charge in [0.05, 0.1) is 28.8 Å². The van der Waals surface area contributed by atoms with Crippen LogP contribution in [0.1, 0.15) is 18.2 Å². The lowest BCUT2D eigenvalue weighted by molar-refractivity contribution is 0.340. The van der Waals surface area contributed by atoms with Gasteiger partial charge in [-0.05, 0) is 43.7 Å². The van der Waals surface area contributed by atoms with E-state index >= 15 is 0 Å². The van der Waals surface area contributed by atoms with Crippen LogP contribution in [0, 0.1) is 6.92 Å². The van der Waals surface area contributed by atoms with E-state index in [9.17, 15) is 8.42 Å². The molecule has 1 aromatic heterocycles. The minimum absolute atomic E-state index is 0.118. The van der Waals surface area contributed by atoms with Gasteiger partial charge in [-0.25, -0.2) is 13.1 Å². The van der Waals surface area contributed by atoms with Gasteiger partial charge in [-0.2, -0.15) is 0 Å². The Kier molecular flexibility index (Phi) is 5.39. The van der Waals surface area contributed by atoms with Gasteiger partial charge < -0.3 is 4.74 Å². The summed E-state index contributed by atoms with van der Waals surface area (Å²) in [4.78, 5) is 4.22. The number of halogens is 1. The van der Waals surface area contributed by atoms with Gasteiger partial charge in [0.25, 0.3) is 0 Å². The summed E-state index contributed by atoms with van der Waals surface area (Å²) in [5.41, 5.74) is 1.21. The highest BCUT2D eigenvalue weighted by molar-refractivity contribution is 7.89. The summed E-state index contributed by atoms with van der Waals surface area (Å²) in [5.74, 6) is 0.477. The van der Waals surface area contributed by atoms with Crippen molar-refractivity contribution in [3.8, 4) is 5.75 Å². The maximum atomic E-state index is 12.4. The van der Waals surface area contributed by atoms with Crippen LogP contribution in [-0.2, 0) is 16.6 Å². The van der Waals surface area contributed by atoms with Gasteiger partial charge in [-0.1, -0.05) is 17.7 Å². The van der Waals surface area contributed by atoms with Crippen LogP contribution in [0.4, 0.5) is 0 Å². The summed E-state index contributed by atoms with van der Waals surface area (Å²) >= 11 is 6.07. The van der Waals surface area contributed by atoms with Crippen LogP contribution in [0.2, 0.25) is 5.02 Å². The highest BCUT2D eigenvalue weighted by Crippen LogP contribution is 2.30. The number of hydrogen-bond donors (Lipinski definition) is 1. The first kappa shape index (κ1) is 16.7. The molecule has 0 bridgehead atoms. The molecule has 0 saturated carbocycles. The molecule has 0 atom stereocenters. The number of aromatic nitrogens is 1. The van der Waals surface area contributed by atoms with Crippen molar-refractivity contribution >= 4 is 21.6 Å². The van der Waals surface area contributed by atoms with Crippen molar-refractivity contribution in [3.05, 3.63) is 52.8 Å². The van der Waals surface area contributed by atoms with E-state index < -0.39 is 10.0 Å². The minimum Gasteiger partial charge on any atom is -0.492 e. The number of sulfonamides is 1. The Morgan fingerprint density at radius 3 is 2.73 bits per heavy atom. The molecular weight excluding hydrogens is 324 g/mol. The van der Waals surface area contributed by atoms with Crippen LogP contribution in [0.25, 0.3) is 0 Å². The van der Waals surface area contributed by atoms with Gasteiger partial charge in [-0.3, -0.25) is 4.98 Å². The fourth-order valence-corrected chi connectivity index (χ4v) is 3.47. The Morgan fingerprint density at radius 2 is 2.09 bits per heavy atom. The van der Waals surface area contributed by atoms with Crippen molar-refractivity contribution in [3.63, 3.8) is 0 Å². The number of nitrogens with one attached hydrogen (secondary N) is 1. The topological polar surface area (TPSA) is 68.3 Å². The van der Waals surface area contributed by atoms with Gasteiger partial charge in [0.2, 0.25) is 10.0 Å². The molecule has 5 nitrogen and oxygen atoms in total. The summed E-state index contributed by atoms with van der Waals surface area (Å²) in [7, 11) is -3.67. The maximum absolute atomic E-state index is 12.4. The van der Waals surface area contributed by atoms with Crippen LogP contribution in [0.5, 0.6) is 5.75 Å². The number of rotatable bonds is 6. The molecule has 2 aromatic rings. The smallest absolute Gasteiger partial charge is 0.241 e. The van der Waals surface area contributed by atoms with E-state index in [4.69, 9.17) is 16.3 Å². The molecule has 1 heterocycles. The summed E-state index contributed by atoms with van der Waals surface area (Å²) in [6, 6.07) is 8.36. The van der Waals surface area contributed by atoms with E-state index in [0.29, 0.717) is 23.6 Å². The van der Waals surface area contributed by atoms with Crippen LogP contribution >= 0.6 is 11.6 Å². The lowest BCUT2D eigenvalue weighted by Gasteiger charge is -2.12. The zero-order valence-corrected chi connectivity index (χ0v) is 13.9. The number of aryl methyl sites for hydroxylation is 1. The van der Waals surface area contributed by atoms with E-state index in [1.165, 1.54) is 6.07 Å². The van der Waals surface area contributed by atoms with Crippen molar-refractivity contribution in [2.45, 2.75) is 25.3 Å². The second-order valence-corrected chi connectivity index (χ2v) is 6.77. The van der Waals surface area contributed by atoms with E-state index in [0.717, 1.165) is 0 Å². The number of pyridine rings is 1. The average molecular weight is 341 g/mol. The molecule has 1 aromatic carbocycles. The van der Waals surface area contributed by atoms with Crippen LogP contribution < -0.4 is 9.46 Å². The Labute approximate surface area is 135 Å². The van der Waals surface area contributed by atoms with Gasteiger partial charge in [-0.15, -0.1) is 0 Å². The Morgan fingerprint density at radius 1 is 1.32 bits per heavy atom. The van der Waals surface area contributed by atoms with Gasteiger partial charge in [0.1, 0.15) is 5.75 Å². The van der Waals surface area contributed by atoms with Crippen molar-refractivity contribution < 1.29 is 13.2 Å². The molecule has 2 rings (SSSR count). The van der Waals surface area contributed by atoms with Gasteiger partial charge >= 0.3 is 0 Å². The molecule has 1 N–H and O–H groups in total. The fourth-order valence-electron chi connectivity index (χ4n) is 1.94. The first-order valence-corrected chi connectivity index (χ1v) is 8.62. The van der Waals surface area contributed by atoms with Crippen molar-refractivity contribution in [2.24, 2.45) is 0 Å². The van der Waals surface area contributed by atoms with E-state index in [1.54, 1.807) is 37.4 Å². The molecule has 0 spiro atoms. The zero-order chi connectivity index (χ0) is 16.2. The van der Waals surface area contributed by atoms with E-state index in [1.807, 2.05) is 6.92 Å². The first-order valence-electron chi connectivity index (χ1n) is 6.76. The van der Waals surface area contributed by atoms with Crippen LogP contribution in [-0.4, -0.2) is 20.0 Å². The standard InChI is InChI=1S/C15H17ClN2O3S/c1-3-21-14-8-11(2)15(9-13(14)16)22(19,20)18-10-12-6-4-5-7-17-12/h4-9,18H,3,10H2,1-2H3. The Balaban J connectivity index is 2.24. The molecule has 0 unspecified atom stereocenters. The van der Waals surface area contributed by atoms with E-state index in [2.05, 4.69) is 9.71 Å². The van der Waals surface area contributed by atoms with E-state index in [-0.39, 0.29) is 16.5 Å². The molecule has 0 amide bonds. The normalized spacial score (nSPS) is 11.4. The van der Waals surface area contributed by atoms with Gasteiger partial charge in [0, 0.05) is 6.20 Å². The summed E-state index contributed by atoms with van der Waals surface area (Å²) in [6.07, 6.45) is 1.61. The Hall–Kier alpha value is -1.63. The maximum Gasteiger partial charge on any atom is 0.241 e. The largest absolute Gasteiger partial charge is 0.492 e. The molecule has 0 aliphatic heterocycles. The predicted molar refractivity (Wildman–Crippen MR) is 85.6 cm³/mol. The third-order valence-corrected chi connectivity index (χ3v) is 4.83. The quantitative estimate of drug-likeness (QED) is 0.877. The summed E-state index contributed by atoms with van der Waals surface area (Å²) in [6.45, 7) is 4.12. The minimum atomic E-state index is -3.67. The van der Waals surface area contributed by atoms with Gasteiger partial charge in [0.15, 0.2) is 0 Å². The average Bonchev–Trinajstić information content (AvgIpc) is 2.50. The molecule has 0 fully saturated rings. The number of ether oxygens (including phenoxy) is 1. The number of nitrogens with zero attached hydrogens (tertiary/aromatic N) is 1. The van der Waals surface area contributed by atoms with Crippen LogP contribution in [0.3, 0.4) is 0 Å². The monoisotopic (exact) mass is 340 g/mol. The summed E-state index contributed by atoms with van der Waals surface area (Å²) < 4.78 is 32.7. The molecule has 22 heavy (non-hydrogen) atoms. The van der Waals surface area contributed by atoms with Crippen LogP contribution in [0.15, 0.2) is 41.4 Å². The molecule has 0 saturated heterocycles. The molecule has 118 valence electrons. The Bertz CT molecular complexity index is 749. The molecule has 0 aliphatic carbocycles. The van der Waals surface area contributed by atoms with Crippen molar-refractivity contribution in [2.75, 3.05) is 6.61 Å². The fraction of sp³-hybridized carbons (Fsp3) is 0.267. The molecule has 0 radical (unpaired) electrons. The lowest BCUT2D eigenvalue weighted by Crippen LogP contribution is -2.24. The summed E-state index contributed by atoms with van der Waals surface area (Å²) in [5, 5.41) is 0.269. The second kappa shape index (κ2) is 7.09. The lowest BCUT2D eigenvalue weighted by atomic mass is 10.2. The SMILES string of the molecule is CCOc1cc(C)c(S(=O)(=O)NCc2ccccn2)cc1Cl. The van der Waals surface area contributed by atoms with Crippen molar-refractivity contribution in [1.82, 2.24) is 9.71 Å². The molecular formula is C15H17ClN2O3S. The first-order chi connectivity index (χ1) is 10.4. The zero-order valence-electron chi connectivity index (χ0n) is 12.3. The molecule has 0 aliphatic rings. The number of hydrogen-bond acceptors (Lipinski definition) is 4. The number of benzene rings is 1. The predicted octanol–water partition coefficient (Wildman–Crippen LogP) is 2.92. The third kappa shape index (κ3) is 3.97. The molecule has 7 heteroatoms. The highest BCUT2D eigenvalue weighted by atomic mass is 35.5. The highest BCUT2D eigenvalue weighted by Gasteiger charge is 2.19. The van der Waals surface area contributed by atoms with Crippen molar-refractivity contribution in [1.29, 1.82) is 0 Å². The third-order valence-electron chi connectivity index (χ3n) is 2.99.